The smallest absolute Gasteiger partial charge is 0.338 e. The van der Waals surface area contributed by atoms with E-state index in [9.17, 15) is 14.0 Å². The number of halogens is 1. The second-order valence-corrected chi connectivity index (χ2v) is 8.96. The quantitative estimate of drug-likeness (QED) is 0.406. The maximum atomic E-state index is 13.7. The van der Waals surface area contributed by atoms with Crippen LogP contribution in [0.15, 0.2) is 100 Å². The number of thiazole rings is 1. The Balaban J connectivity index is 1.61. The van der Waals surface area contributed by atoms with E-state index in [4.69, 9.17) is 4.74 Å². The van der Waals surface area contributed by atoms with Crippen molar-refractivity contribution in [3.8, 4) is 0 Å². The summed E-state index contributed by atoms with van der Waals surface area (Å²) in [6.07, 6.45) is 3.34. The number of allylic oxidation sites excluding steroid dienone is 1. The second kappa shape index (κ2) is 9.60. The van der Waals surface area contributed by atoms with Crippen LogP contribution < -0.4 is 14.9 Å². The molecule has 8 heteroatoms. The molecule has 174 valence electrons. The van der Waals surface area contributed by atoms with Crippen molar-refractivity contribution in [1.29, 1.82) is 0 Å². The lowest BCUT2D eigenvalue weighted by Crippen LogP contribution is -2.39. The fourth-order valence-electron chi connectivity index (χ4n) is 3.94. The van der Waals surface area contributed by atoms with Crippen LogP contribution in [0.5, 0.6) is 0 Å². The number of hydrogen-bond donors (Lipinski definition) is 0. The SMILES string of the molecule is CC1=C(C(=O)OCc2ccccc2)C(c2ccc(F)cc2)n2c(s/c(=C\c3ccccn3)c2=O)=N1. The molecule has 0 saturated heterocycles. The van der Waals surface area contributed by atoms with Crippen LogP contribution in [0, 0.1) is 5.82 Å². The van der Waals surface area contributed by atoms with E-state index in [1.807, 2.05) is 36.4 Å². The van der Waals surface area contributed by atoms with E-state index in [1.165, 1.54) is 28.0 Å². The van der Waals surface area contributed by atoms with Gasteiger partial charge in [-0.25, -0.2) is 14.2 Å². The first-order chi connectivity index (χ1) is 17.0. The molecular formula is C27H20FN3O3S. The van der Waals surface area contributed by atoms with Crippen LogP contribution in [0.3, 0.4) is 0 Å². The molecule has 1 aliphatic rings. The number of rotatable bonds is 5. The van der Waals surface area contributed by atoms with Gasteiger partial charge in [-0.1, -0.05) is 59.9 Å². The summed E-state index contributed by atoms with van der Waals surface area (Å²) in [4.78, 5) is 36.1. The van der Waals surface area contributed by atoms with Gasteiger partial charge in [-0.3, -0.25) is 14.3 Å². The number of hydrogen-bond acceptors (Lipinski definition) is 6. The molecule has 1 atom stereocenters. The molecule has 6 nitrogen and oxygen atoms in total. The summed E-state index contributed by atoms with van der Waals surface area (Å²) in [6, 6.07) is 19.7. The molecule has 2 aromatic heterocycles. The van der Waals surface area contributed by atoms with Gasteiger partial charge in [0.2, 0.25) is 0 Å². The highest BCUT2D eigenvalue weighted by molar-refractivity contribution is 7.07. The van der Waals surface area contributed by atoms with E-state index in [0.29, 0.717) is 26.3 Å². The Kier molecular flexibility index (Phi) is 6.20. The zero-order chi connectivity index (χ0) is 24.4. The molecule has 0 fully saturated rings. The van der Waals surface area contributed by atoms with E-state index in [-0.39, 0.29) is 17.7 Å². The molecule has 0 bridgehead atoms. The van der Waals surface area contributed by atoms with Crippen molar-refractivity contribution in [3.05, 3.63) is 133 Å². The number of nitrogens with zero attached hydrogens (tertiary/aromatic N) is 3. The molecule has 0 saturated carbocycles. The predicted octanol–water partition coefficient (Wildman–Crippen LogP) is 3.51. The zero-order valence-electron chi connectivity index (χ0n) is 18.7. The summed E-state index contributed by atoms with van der Waals surface area (Å²) < 4.78 is 21.2. The first-order valence-electron chi connectivity index (χ1n) is 10.9. The van der Waals surface area contributed by atoms with Crippen molar-refractivity contribution >= 4 is 23.4 Å². The predicted molar refractivity (Wildman–Crippen MR) is 131 cm³/mol. The Morgan fingerprint density at radius 2 is 1.83 bits per heavy atom. The minimum Gasteiger partial charge on any atom is -0.457 e. The third kappa shape index (κ3) is 4.61. The van der Waals surface area contributed by atoms with Crippen molar-refractivity contribution in [3.63, 3.8) is 0 Å². The number of carbonyl (C=O) groups is 1. The molecule has 1 aliphatic heterocycles. The van der Waals surface area contributed by atoms with Crippen molar-refractivity contribution in [1.82, 2.24) is 9.55 Å². The van der Waals surface area contributed by atoms with Gasteiger partial charge in [-0.2, -0.15) is 0 Å². The van der Waals surface area contributed by atoms with Crippen molar-refractivity contribution < 1.29 is 13.9 Å². The van der Waals surface area contributed by atoms with Gasteiger partial charge in [-0.15, -0.1) is 0 Å². The highest BCUT2D eigenvalue weighted by atomic mass is 32.1. The third-order valence-corrected chi connectivity index (χ3v) is 6.59. The van der Waals surface area contributed by atoms with Crippen LogP contribution in [0.25, 0.3) is 6.08 Å². The summed E-state index contributed by atoms with van der Waals surface area (Å²) in [5.74, 6) is -0.992. The van der Waals surface area contributed by atoms with E-state index < -0.39 is 17.8 Å². The molecule has 3 heterocycles. The summed E-state index contributed by atoms with van der Waals surface area (Å²) >= 11 is 1.21. The van der Waals surface area contributed by atoms with E-state index >= 15 is 0 Å². The minimum atomic E-state index is -0.805. The highest BCUT2D eigenvalue weighted by Crippen LogP contribution is 2.31. The van der Waals surface area contributed by atoms with Gasteiger partial charge in [0.05, 0.1) is 27.5 Å². The molecule has 0 N–H and O–H groups in total. The van der Waals surface area contributed by atoms with Gasteiger partial charge in [-0.05, 0) is 48.4 Å². The fraction of sp³-hybridized carbons (Fsp3) is 0.111. The highest BCUT2D eigenvalue weighted by Gasteiger charge is 2.33. The number of pyridine rings is 1. The molecule has 0 amide bonds. The topological polar surface area (TPSA) is 73.6 Å². The molecule has 5 rings (SSSR count). The van der Waals surface area contributed by atoms with Crippen LogP contribution >= 0.6 is 11.3 Å². The first kappa shape index (κ1) is 22.6. The van der Waals surface area contributed by atoms with Gasteiger partial charge in [0, 0.05) is 6.20 Å². The molecule has 0 spiro atoms. The Hall–Kier alpha value is -4.17. The number of ether oxygens (including phenoxy) is 1. The number of fused-ring (bicyclic) bond motifs is 1. The average Bonchev–Trinajstić information content (AvgIpc) is 3.17. The lowest BCUT2D eigenvalue weighted by atomic mass is 9.96. The maximum Gasteiger partial charge on any atom is 0.338 e. The van der Waals surface area contributed by atoms with Gasteiger partial charge < -0.3 is 4.74 Å². The van der Waals surface area contributed by atoms with Gasteiger partial charge >= 0.3 is 5.97 Å². The Bertz CT molecular complexity index is 1590. The van der Waals surface area contributed by atoms with Crippen molar-refractivity contribution in [2.24, 2.45) is 4.99 Å². The Morgan fingerprint density at radius 3 is 2.54 bits per heavy atom. The first-order valence-corrected chi connectivity index (χ1v) is 11.7. The van der Waals surface area contributed by atoms with Gasteiger partial charge in [0.1, 0.15) is 12.4 Å². The summed E-state index contributed by atoms with van der Waals surface area (Å²) in [6.45, 7) is 1.79. The van der Waals surface area contributed by atoms with Gasteiger partial charge in [0.25, 0.3) is 5.56 Å². The lowest BCUT2D eigenvalue weighted by molar-refractivity contribution is -0.140. The molecule has 35 heavy (non-hydrogen) atoms. The van der Waals surface area contributed by atoms with Crippen LogP contribution in [-0.2, 0) is 16.1 Å². The minimum absolute atomic E-state index is 0.0800. The molecule has 2 aromatic carbocycles. The standard InChI is InChI=1S/C27H20FN3O3S/c1-17-23(26(33)34-16-18-7-3-2-4-8-18)24(19-10-12-20(28)13-11-19)31-25(32)22(35-27(31)30-17)15-21-9-5-6-14-29-21/h2-15,24H,16H2,1H3/b22-15-. The third-order valence-electron chi connectivity index (χ3n) is 5.61. The van der Waals surface area contributed by atoms with Crippen molar-refractivity contribution in [2.45, 2.75) is 19.6 Å². The maximum absolute atomic E-state index is 13.7. The largest absolute Gasteiger partial charge is 0.457 e. The molecule has 0 radical (unpaired) electrons. The van der Waals surface area contributed by atoms with E-state index in [1.54, 1.807) is 43.5 Å². The Morgan fingerprint density at radius 1 is 1.09 bits per heavy atom. The molecule has 1 unspecified atom stereocenters. The average molecular weight is 486 g/mol. The fourth-order valence-corrected chi connectivity index (χ4v) is 4.97. The number of benzene rings is 2. The monoisotopic (exact) mass is 485 g/mol. The van der Waals surface area contributed by atoms with Crippen LogP contribution in [0.1, 0.15) is 29.8 Å². The molecular weight excluding hydrogens is 465 g/mol. The number of aromatic nitrogens is 2. The second-order valence-electron chi connectivity index (χ2n) is 7.95. The zero-order valence-corrected chi connectivity index (χ0v) is 19.5. The van der Waals surface area contributed by atoms with E-state index in [0.717, 1.165) is 5.56 Å². The van der Waals surface area contributed by atoms with Crippen LogP contribution in [0.4, 0.5) is 4.39 Å². The normalized spacial score (nSPS) is 15.5. The van der Waals surface area contributed by atoms with E-state index in [2.05, 4.69) is 9.98 Å². The van der Waals surface area contributed by atoms with Gasteiger partial charge in [0.15, 0.2) is 4.80 Å². The number of carbonyl (C=O) groups excluding carboxylic acids is 1. The molecule has 0 aliphatic carbocycles. The summed E-state index contributed by atoms with van der Waals surface area (Å²) in [5, 5.41) is 0. The van der Waals surface area contributed by atoms with Crippen molar-refractivity contribution in [2.75, 3.05) is 0 Å². The molecule has 4 aromatic rings. The summed E-state index contributed by atoms with van der Waals surface area (Å²) in [7, 11) is 0. The number of esters is 1. The Labute approximate surface area is 204 Å². The van der Waals surface area contributed by atoms with Crippen LogP contribution in [-0.4, -0.2) is 15.5 Å². The van der Waals surface area contributed by atoms with Crippen LogP contribution in [0.2, 0.25) is 0 Å². The summed E-state index contributed by atoms with van der Waals surface area (Å²) in [5.41, 5.74) is 2.43. The lowest BCUT2D eigenvalue weighted by Gasteiger charge is -2.24.